The van der Waals surface area contributed by atoms with Crippen LogP contribution in [-0.2, 0) is 16.0 Å². The zero-order valence-corrected chi connectivity index (χ0v) is 11.7. The first kappa shape index (κ1) is 14.4. The van der Waals surface area contributed by atoms with Crippen molar-refractivity contribution in [2.45, 2.75) is 26.2 Å². The SMILES string of the molecule is CCOC(=O)/C(=C/O)Cc1cccc(OCC2CC2)c1. The van der Waals surface area contributed by atoms with E-state index in [-0.39, 0.29) is 5.57 Å². The van der Waals surface area contributed by atoms with E-state index < -0.39 is 5.97 Å². The molecule has 1 fully saturated rings. The van der Waals surface area contributed by atoms with Crippen LogP contribution in [0, 0.1) is 5.92 Å². The van der Waals surface area contributed by atoms with Crippen LogP contribution >= 0.6 is 0 Å². The van der Waals surface area contributed by atoms with Gasteiger partial charge >= 0.3 is 5.97 Å². The number of hydrogen-bond acceptors (Lipinski definition) is 4. The third kappa shape index (κ3) is 4.30. The van der Waals surface area contributed by atoms with Crippen molar-refractivity contribution >= 4 is 5.97 Å². The highest BCUT2D eigenvalue weighted by Crippen LogP contribution is 2.29. The van der Waals surface area contributed by atoms with Crippen LogP contribution in [0.3, 0.4) is 0 Å². The highest BCUT2D eigenvalue weighted by molar-refractivity contribution is 5.88. The monoisotopic (exact) mass is 276 g/mol. The smallest absolute Gasteiger partial charge is 0.337 e. The number of aliphatic hydroxyl groups is 1. The molecule has 1 aliphatic rings. The molecule has 0 bridgehead atoms. The van der Waals surface area contributed by atoms with Crippen LogP contribution in [0.5, 0.6) is 5.75 Å². The Hall–Kier alpha value is -1.97. The molecule has 0 aromatic heterocycles. The van der Waals surface area contributed by atoms with Gasteiger partial charge in [0.05, 0.1) is 25.0 Å². The number of carbonyl (C=O) groups excluding carboxylic acids is 1. The van der Waals surface area contributed by atoms with Crippen molar-refractivity contribution in [1.82, 2.24) is 0 Å². The number of aliphatic hydroxyl groups excluding tert-OH is 1. The van der Waals surface area contributed by atoms with Crippen LogP contribution < -0.4 is 4.74 Å². The first-order valence-electron chi connectivity index (χ1n) is 6.95. The molecule has 2 rings (SSSR count). The summed E-state index contributed by atoms with van der Waals surface area (Å²) >= 11 is 0. The van der Waals surface area contributed by atoms with Crippen molar-refractivity contribution in [3.05, 3.63) is 41.7 Å². The van der Waals surface area contributed by atoms with Gasteiger partial charge in [0, 0.05) is 6.42 Å². The molecule has 4 heteroatoms. The summed E-state index contributed by atoms with van der Waals surface area (Å²) in [6.45, 7) is 2.78. The second kappa shape index (κ2) is 6.98. The lowest BCUT2D eigenvalue weighted by Crippen LogP contribution is -2.10. The minimum absolute atomic E-state index is 0.242. The summed E-state index contributed by atoms with van der Waals surface area (Å²) in [4.78, 5) is 11.6. The summed E-state index contributed by atoms with van der Waals surface area (Å²) in [6.07, 6.45) is 3.64. The van der Waals surface area contributed by atoms with Crippen molar-refractivity contribution in [3.8, 4) is 5.75 Å². The maximum Gasteiger partial charge on any atom is 0.337 e. The van der Waals surface area contributed by atoms with Gasteiger partial charge in [-0.3, -0.25) is 0 Å². The molecular formula is C16H20O4. The lowest BCUT2D eigenvalue weighted by molar-refractivity contribution is -0.138. The number of benzene rings is 1. The molecule has 0 radical (unpaired) electrons. The molecule has 4 nitrogen and oxygen atoms in total. The Labute approximate surface area is 119 Å². The van der Waals surface area contributed by atoms with E-state index in [1.807, 2.05) is 24.3 Å². The average molecular weight is 276 g/mol. The molecule has 0 heterocycles. The van der Waals surface area contributed by atoms with Gasteiger partial charge in [-0.05, 0) is 43.4 Å². The van der Waals surface area contributed by atoms with E-state index >= 15 is 0 Å². The maximum absolute atomic E-state index is 11.6. The topological polar surface area (TPSA) is 55.8 Å². The first-order valence-corrected chi connectivity index (χ1v) is 6.95. The number of rotatable bonds is 7. The molecule has 0 spiro atoms. The molecule has 0 aliphatic heterocycles. The number of hydrogen-bond donors (Lipinski definition) is 1. The van der Waals surface area contributed by atoms with E-state index in [0.29, 0.717) is 18.9 Å². The van der Waals surface area contributed by atoms with Crippen LogP contribution in [0.1, 0.15) is 25.3 Å². The molecule has 0 amide bonds. The normalized spacial score (nSPS) is 14.9. The van der Waals surface area contributed by atoms with E-state index in [9.17, 15) is 4.79 Å². The summed E-state index contributed by atoms with van der Waals surface area (Å²) in [5.41, 5.74) is 1.15. The third-order valence-electron chi connectivity index (χ3n) is 3.17. The quantitative estimate of drug-likeness (QED) is 0.472. The largest absolute Gasteiger partial charge is 0.515 e. The Kier molecular flexibility index (Phi) is 5.04. The molecule has 0 saturated heterocycles. The van der Waals surface area contributed by atoms with E-state index in [1.165, 1.54) is 12.8 Å². The Morgan fingerprint density at radius 2 is 2.25 bits per heavy atom. The molecule has 1 aromatic carbocycles. The van der Waals surface area contributed by atoms with Gasteiger partial charge < -0.3 is 14.6 Å². The fourth-order valence-electron chi connectivity index (χ4n) is 1.86. The Morgan fingerprint density at radius 3 is 2.90 bits per heavy atom. The van der Waals surface area contributed by atoms with Gasteiger partial charge in [0.2, 0.25) is 0 Å². The zero-order chi connectivity index (χ0) is 14.4. The van der Waals surface area contributed by atoms with Crippen molar-refractivity contribution in [2.75, 3.05) is 13.2 Å². The van der Waals surface area contributed by atoms with Gasteiger partial charge in [0.25, 0.3) is 0 Å². The standard InChI is InChI=1S/C16H20O4/c1-2-19-16(18)14(10-17)8-13-4-3-5-15(9-13)20-11-12-6-7-12/h3-5,9-10,12,17H,2,6-8,11H2,1H3/b14-10+. The molecule has 1 N–H and O–H groups in total. The summed E-state index contributed by atoms with van der Waals surface area (Å²) in [7, 11) is 0. The number of esters is 1. The maximum atomic E-state index is 11.6. The average Bonchev–Trinajstić information content (AvgIpc) is 3.27. The molecule has 1 aromatic rings. The van der Waals surface area contributed by atoms with Gasteiger partial charge in [-0.2, -0.15) is 0 Å². The van der Waals surface area contributed by atoms with Crippen LogP contribution in [-0.4, -0.2) is 24.3 Å². The minimum Gasteiger partial charge on any atom is -0.515 e. The molecule has 0 atom stereocenters. The van der Waals surface area contributed by atoms with Crippen molar-refractivity contribution in [1.29, 1.82) is 0 Å². The third-order valence-corrected chi connectivity index (χ3v) is 3.17. The molecule has 1 saturated carbocycles. The van der Waals surface area contributed by atoms with Crippen LogP contribution in [0.15, 0.2) is 36.1 Å². The van der Waals surface area contributed by atoms with Gasteiger partial charge in [0.15, 0.2) is 0 Å². The summed E-state index contributed by atoms with van der Waals surface area (Å²) in [5.74, 6) is 1.01. The number of ether oxygens (including phenoxy) is 2. The van der Waals surface area contributed by atoms with Gasteiger partial charge in [-0.1, -0.05) is 12.1 Å². The van der Waals surface area contributed by atoms with Crippen molar-refractivity contribution in [3.63, 3.8) is 0 Å². The Bertz CT molecular complexity index is 489. The van der Waals surface area contributed by atoms with E-state index in [4.69, 9.17) is 14.6 Å². The first-order chi connectivity index (χ1) is 9.72. The molecule has 20 heavy (non-hydrogen) atoms. The minimum atomic E-state index is -0.487. The highest BCUT2D eigenvalue weighted by Gasteiger charge is 2.21. The van der Waals surface area contributed by atoms with Gasteiger partial charge in [-0.25, -0.2) is 4.79 Å². The Balaban J connectivity index is 1.96. The van der Waals surface area contributed by atoms with E-state index in [1.54, 1.807) is 6.92 Å². The van der Waals surface area contributed by atoms with Crippen molar-refractivity contribution in [2.24, 2.45) is 5.92 Å². The second-order valence-electron chi connectivity index (χ2n) is 4.95. The lowest BCUT2D eigenvalue weighted by atomic mass is 10.1. The summed E-state index contributed by atoms with van der Waals surface area (Å²) < 4.78 is 10.6. The molecule has 0 unspecified atom stereocenters. The van der Waals surface area contributed by atoms with Crippen LogP contribution in [0.25, 0.3) is 0 Å². The predicted molar refractivity (Wildman–Crippen MR) is 75.7 cm³/mol. The molecule has 108 valence electrons. The van der Waals surface area contributed by atoms with Crippen molar-refractivity contribution < 1.29 is 19.4 Å². The van der Waals surface area contributed by atoms with E-state index in [2.05, 4.69) is 0 Å². The highest BCUT2D eigenvalue weighted by atomic mass is 16.5. The van der Waals surface area contributed by atoms with Crippen LogP contribution in [0.2, 0.25) is 0 Å². The fraction of sp³-hybridized carbons (Fsp3) is 0.438. The van der Waals surface area contributed by atoms with E-state index in [0.717, 1.165) is 24.2 Å². The van der Waals surface area contributed by atoms with Gasteiger partial charge in [0.1, 0.15) is 5.75 Å². The Morgan fingerprint density at radius 1 is 1.45 bits per heavy atom. The molecular weight excluding hydrogens is 256 g/mol. The fourth-order valence-corrected chi connectivity index (χ4v) is 1.86. The summed E-state index contributed by atoms with van der Waals surface area (Å²) in [5, 5.41) is 9.14. The summed E-state index contributed by atoms with van der Waals surface area (Å²) in [6, 6.07) is 7.58. The number of carbonyl (C=O) groups is 1. The zero-order valence-electron chi connectivity index (χ0n) is 11.7. The second-order valence-corrected chi connectivity index (χ2v) is 4.95. The lowest BCUT2D eigenvalue weighted by Gasteiger charge is -2.09. The molecule has 1 aliphatic carbocycles. The van der Waals surface area contributed by atoms with Crippen LogP contribution in [0.4, 0.5) is 0 Å². The van der Waals surface area contributed by atoms with Gasteiger partial charge in [-0.15, -0.1) is 0 Å². The predicted octanol–water partition coefficient (Wildman–Crippen LogP) is 3.02.